The third kappa shape index (κ3) is 20.0. The van der Waals surface area contributed by atoms with Crippen molar-refractivity contribution in [1.82, 2.24) is 24.7 Å². The highest BCUT2D eigenvalue weighted by Crippen LogP contribution is 2.21. The Bertz CT molecular complexity index is 1050. The monoisotopic (exact) mass is 725 g/mol. The topological polar surface area (TPSA) is 244 Å². The van der Waals surface area contributed by atoms with Crippen molar-refractivity contribution in [3.8, 4) is 0 Å². The molecule has 18 nitrogen and oxygen atoms in total. The molecule has 4 aliphatic rings. The number of nitrogens with zero attached hydrogens (tertiary/aromatic N) is 7. The lowest BCUT2D eigenvalue weighted by Crippen LogP contribution is -2.49. The van der Waals surface area contributed by atoms with Crippen LogP contribution >= 0.6 is 0 Å². The average molecular weight is 726 g/mol. The summed E-state index contributed by atoms with van der Waals surface area (Å²) in [5.74, 6) is -5.09. The molecule has 0 bridgehead atoms. The highest BCUT2D eigenvalue weighted by molar-refractivity contribution is 6.00. The Hall–Kier alpha value is -3.80. The van der Waals surface area contributed by atoms with E-state index in [0.717, 1.165) is 0 Å². The number of carbonyl (C=O) groups excluding carboxylic acids is 2. The van der Waals surface area contributed by atoms with Crippen molar-refractivity contribution >= 4 is 41.7 Å². The molecule has 51 heavy (non-hydrogen) atoms. The number of aliphatic imine (C=N–C) groups is 2. The van der Waals surface area contributed by atoms with Crippen LogP contribution in [0.3, 0.4) is 0 Å². The van der Waals surface area contributed by atoms with Crippen LogP contribution in [0.25, 0.3) is 0 Å². The van der Waals surface area contributed by atoms with Gasteiger partial charge in [0.05, 0.1) is 44.3 Å². The summed E-state index contributed by atoms with van der Waals surface area (Å²) in [5.41, 5.74) is 0. The molecule has 0 spiro atoms. The maximum absolute atomic E-state index is 11.1. The molecule has 2 saturated heterocycles. The van der Waals surface area contributed by atoms with Gasteiger partial charge in [0.15, 0.2) is 0 Å². The number of carboxylic acids is 4. The molecule has 4 rings (SSSR count). The Morgan fingerprint density at radius 2 is 0.765 bits per heavy atom. The molecule has 18 heteroatoms. The van der Waals surface area contributed by atoms with Crippen LogP contribution in [0.2, 0.25) is 0 Å². The SMILES string of the molecule is C(=NC1CCCCC1)=NC1CCCCC1.O=C(O)CN1CCN(CC(=O)O)CCN(CC(=O)O)CCN(CC(=O)O)CC1.O=C1CCC(=O)N1O. The quantitative estimate of drug-likeness (QED) is 0.119. The van der Waals surface area contributed by atoms with Crippen LogP contribution in [0.4, 0.5) is 0 Å². The summed E-state index contributed by atoms with van der Waals surface area (Å²) in [6.45, 7) is 1.52. The molecule has 2 saturated carbocycles. The zero-order valence-electron chi connectivity index (χ0n) is 29.4. The highest BCUT2D eigenvalue weighted by Gasteiger charge is 2.27. The van der Waals surface area contributed by atoms with Crippen LogP contribution in [-0.4, -0.2) is 183 Å². The van der Waals surface area contributed by atoms with Gasteiger partial charge in [0.25, 0.3) is 11.8 Å². The fourth-order valence-corrected chi connectivity index (χ4v) is 6.16. The summed E-state index contributed by atoms with van der Waals surface area (Å²) in [4.78, 5) is 80.3. The van der Waals surface area contributed by atoms with Crippen LogP contribution < -0.4 is 0 Å². The third-order valence-electron chi connectivity index (χ3n) is 9.02. The zero-order valence-corrected chi connectivity index (χ0v) is 29.4. The lowest BCUT2D eigenvalue weighted by atomic mass is 9.96. The van der Waals surface area contributed by atoms with E-state index in [9.17, 15) is 28.8 Å². The van der Waals surface area contributed by atoms with Crippen LogP contribution in [-0.2, 0) is 28.8 Å². The van der Waals surface area contributed by atoms with Gasteiger partial charge in [-0.15, -0.1) is 0 Å². The van der Waals surface area contributed by atoms with E-state index >= 15 is 0 Å². The van der Waals surface area contributed by atoms with Gasteiger partial charge < -0.3 is 20.4 Å². The molecule has 2 aliphatic carbocycles. The standard InChI is InChI=1S/C16H28N4O8.C13H22N2.C4H5NO3/c21-13(22)9-17-1-2-18(10-14(23)24)5-6-20(12-16(27)28)8-7-19(4-3-17)11-15(25)26;1-3-7-12(8-4-1)14-11-15-13-9-5-2-6-10-13;6-3-1-2-4(7)5(3)8/h1-12H2,(H,21,22)(H,23,24)(H,25,26)(H,27,28);12-13H,1-10H2;8H,1-2H2. The van der Waals surface area contributed by atoms with Crippen LogP contribution in [0.1, 0.15) is 77.0 Å². The second-order valence-corrected chi connectivity index (χ2v) is 13.2. The molecule has 0 aromatic rings. The molecule has 2 heterocycles. The Labute approximate surface area is 298 Å². The average Bonchev–Trinajstić information content (AvgIpc) is 3.37. The first-order valence-corrected chi connectivity index (χ1v) is 17.8. The van der Waals surface area contributed by atoms with E-state index in [-0.39, 0.29) is 44.1 Å². The normalized spacial score (nSPS) is 21.1. The number of rotatable bonds is 10. The summed E-state index contributed by atoms with van der Waals surface area (Å²) in [7, 11) is 0. The number of hydrogen-bond acceptors (Lipinski definition) is 13. The highest BCUT2D eigenvalue weighted by atomic mass is 16.5. The van der Waals surface area contributed by atoms with Crippen LogP contribution in [0, 0.1) is 0 Å². The molecule has 2 amide bonds. The molecule has 288 valence electrons. The molecule has 0 radical (unpaired) electrons. The predicted octanol–water partition coefficient (Wildman–Crippen LogP) is 0.897. The third-order valence-corrected chi connectivity index (χ3v) is 9.02. The Morgan fingerprint density at radius 3 is 0.961 bits per heavy atom. The number of hydrogen-bond donors (Lipinski definition) is 5. The summed E-state index contributed by atoms with van der Waals surface area (Å²) in [6.07, 6.45) is 13.5. The fourth-order valence-electron chi connectivity index (χ4n) is 6.16. The maximum atomic E-state index is 11.1. The maximum Gasteiger partial charge on any atom is 0.317 e. The molecule has 5 N–H and O–H groups in total. The lowest BCUT2D eigenvalue weighted by Gasteiger charge is -2.32. The number of carboxylic acid groups (broad SMARTS) is 4. The van der Waals surface area contributed by atoms with Crippen molar-refractivity contribution in [2.24, 2.45) is 9.98 Å². The number of aliphatic carboxylic acids is 4. The second-order valence-electron chi connectivity index (χ2n) is 13.2. The van der Waals surface area contributed by atoms with Gasteiger partial charge in [0.1, 0.15) is 0 Å². The molecular weight excluding hydrogens is 670 g/mol. The molecule has 0 aromatic carbocycles. The largest absolute Gasteiger partial charge is 0.480 e. The van der Waals surface area contributed by atoms with E-state index in [4.69, 9.17) is 25.6 Å². The van der Waals surface area contributed by atoms with Gasteiger partial charge in [-0.1, -0.05) is 38.5 Å². The van der Waals surface area contributed by atoms with Crippen LogP contribution in [0.15, 0.2) is 9.98 Å². The first kappa shape index (κ1) is 43.4. The van der Waals surface area contributed by atoms with Crippen molar-refractivity contribution in [2.45, 2.75) is 89.1 Å². The van der Waals surface area contributed by atoms with Crippen molar-refractivity contribution in [2.75, 3.05) is 78.5 Å². The van der Waals surface area contributed by atoms with Crippen LogP contribution in [0.5, 0.6) is 0 Å². The molecule has 0 atom stereocenters. The zero-order chi connectivity index (χ0) is 37.6. The number of carbonyl (C=O) groups is 6. The first-order chi connectivity index (χ1) is 24.3. The lowest BCUT2D eigenvalue weighted by molar-refractivity contribution is -0.171. The summed E-state index contributed by atoms with van der Waals surface area (Å²) in [5, 5.41) is 44.9. The van der Waals surface area contributed by atoms with E-state index in [1.54, 1.807) is 19.6 Å². The summed E-state index contributed by atoms with van der Waals surface area (Å²) < 4.78 is 0. The smallest absolute Gasteiger partial charge is 0.317 e. The number of imide groups is 1. The van der Waals surface area contributed by atoms with Gasteiger partial charge >= 0.3 is 23.9 Å². The van der Waals surface area contributed by atoms with Crippen molar-refractivity contribution in [1.29, 1.82) is 0 Å². The number of amides is 2. The van der Waals surface area contributed by atoms with Gasteiger partial charge in [0, 0.05) is 65.2 Å². The minimum atomic E-state index is -1.02. The molecule has 2 aliphatic heterocycles. The Kier molecular flexibility index (Phi) is 20.7. The van der Waals surface area contributed by atoms with E-state index in [1.807, 2.05) is 0 Å². The summed E-state index contributed by atoms with van der Waals surface area (Å²) >= 11 is 0. The van der Waals surface area contributed by atoms with Gasteiger partial charge in [-0.3, -0.25) is 53.6 Å². The van der Waals surface area contributed by atoms with Gasteiger partial charge in [-0.25, -0.2) is 9.98 Å². The Morgan fingerprint density at radius 1 is 0.510 bits per heavy atom. The van der Waals surface area contributed by atoms with Crippen molar-refractivity contribution in [3.05, 3.63) is 0 Å². The van der Waals surface area contributed by atoms with E-state index in [1.165, 1.54) is 64.2 Å². The summed E-state index contributed by atoms with van der Waals surface area (Å²) in [6, 6.07) is 4.04. The van der Waals surface area contributed by atoms with Crippen molar-refractivity contribution in [3.63, 3.8) is 0 Å². The van der Waals surface area contributed by atoms with E-state index in [0.29, 0.717) is 64.4 Å². The molecular formula is C33H55N7O11. The number of hydroxylamine groups is 2. The molecule has 4 fully saturated rings. The molecule has 0 unspecified atom stereocenters. The first-order valence-electron chi connectivity index (χ1n) is 17.8. The fraction of sp³-hybridized carbons (Fsp3) is 0.788. The van der Waals surface area contributed by atoms with E-state index < -0.39 is 35.7 Å². The minimum absolute atomic E-state index is 0.148. The predicted molar refractivity (Wildman–Crippen MR) is 183 cm³/mol. The van der Waals surface area contributed by atoms with Crippen molar-refractivity contribution < 1.29 is 54.4 Å². The molecule has 0 aromatic heterocycles. The van der Waals surface area contributed by atoms with Gasteiger partial charge in [-0.05, 0) is 25.7 Å². The van der Waals surface area contributed by atoms with E-state index in [2.05, 4.69) is 16.0 Å². The minimum Gasteiger partial charge on any atom is -0.480 e. The van der Waals surface area contributed by atoms with Gasteiger partial charge in [0.2, 0.25) is 0 Å². The second kappa shape index (κ2) is 24.4. The van der Waals surface area contributed by atoms with Gasteiger partial charge in [-0.2, -0.15) is 5.06 Å². The Balaban J connectivity index is 0.000000320.